The van der Waals surface area contributed by atoms with Crippen LogP contribution >= 0.6 is 0 Å². The highest BCUT2D eigenvalue weighted by atomic mass is 16.6. The number of nitrogens with zero attached hydrogens (tertiary/aromatic N) is 4. The Bertz CT molecular complexity index is 1370. The first-order valence-corrected chi connectivity index (χ1v) is 12.2. The van der Waals surface area contributed by atoms with E-state index in [0.717, 1.165) is 0 Å². The number of ether oxygens (including phenoxy) is 3. The Morgan fingerprint density at radius 2 is 1.72 bits per heavy atom. The van der Waals surface area contributed by atoms with Crippen molar-refractivity contribution in [2.75, 3.05) is 18.5 Å². The van der Waals surface area contributed by atoms with Crippen molar-refractivity contribution in [1.82, 2.24) is 25.3 Å². The Labute approximate surface area is 227 Å². The van der Waals surface area contributed by atoms with Crippen LogP contribution in [0.2, 0.25) is 0 Å². The van der Waals surface area contributed by atoms with Gasteiger partial charge in [0, 0.05) is 23.5 Å². The molecule has 1 aromatic carbocycles. The maximum atomic E-state index is 11.9. The maximum Gasteiger partial charge on any atom is 0.408 e. The van der Waals surface area contributed by atoms with Crippen LogP contribution in [0.1, 0.15) is 47.2 Å². The summed E-state index contributed by atoms with van der Waals surface area (Å²) in [5.74, 6) is 6.51. The quantitative estimate of drug-likeness (QED) is 0.335. The van der Waals surface area contributed by atoms with Crippen LogP contribution in [-0.2, 0) is 14.3 Å². The highest BCUT2D eigenvalue weighted by molar-refractivity contribution is 5.71. The summed E-state index contributed by atoms with van der Waals surface area (Å²) in [6, 6.07) is 10.5. The van der Waals surface area contributed by atoms with Crippen molar-refractivity contribution in [3.8, 4) is 29.0 Å². The molecule has 0 bridgehead atoms. The third-order valence-corrected chi connectivity index (χ3v) is 4.39. The number of amides is 1. The minimum absolute atomic E-state index is 0.112. The second-order valence-electron chi connectivity index (χ2n) is 10.2. The van der Waals surface area contributed by atoms with E-state index < -0.39 is 23.3 Å². The lowest BCUT2D eigenvalue weighted by Gasteiger charge is -2.19. The molecule has 0 aliphatic rings. The predicted octanol–water partition coefficient (Wildman–Crippen LogP) is 4.27. The Hall–Kier alpha value is -4.72. The van der Waals surface area contributed by atoms with Crippen LogP contribution in [0.15, 0.2) is 48.9 Å². The molecule has 2 aromatic heterocycles. The number of pyridine rings is 1. The molecule has 0 atom stereocenters. The summed E-state index contributed by atoms with van der Waals surface area (Å²) in [5.41, 5.74) is 0.677. The van der Waals surface area contributed by atoms with Crippen LogP contribution in [-0.4, -0.2) is 56.4 Å². The fourth-order valence-corrected chi connectivity index (χ4v) is 3.00. The number of carbonyl (C=O) groups is 2. The molecule has 3 rings (SSSR count). The van der Waals surface area contributed by atoms with Crippen LogP contribution in [0.5, 0.6) is 5.75 Å². The zero-order valence-electron chi connectivity index (χ0n) is 22.9. The summed E-state index contributed by atoms with van der Waals surface area (Å²) in [7, 11) is 0. The minimum Gasteiger partial charge on any atom is -0.482 e. The van der Waals surface area contributed by atoms with Gasteiger partial charge in [-0.2, -0.15) is 4.98 Å². The van der Waals surface area contributed by atoms with Gasteiger partial charge in [0.05, 0.1) is 6.54 Å². The Morgan fingerprint density at radius 1 is 0.949 bits per heavy atom. The second-order valence-corrected chi connectivity index (χ2v) is 10.2. The second kappa shape index (κ2) is 12.7. The normalized spacial score (nSPS) is 11.0. The van der Waals surface area contributed by atoms with E-state index in [-0.39, 0.29) is 13.2 Å². The van der Waals surface area contributed by atoms with E-state index in [0.29, 0.717) is 34.5 Å². The lowest BCUT2D eigenvalue weighted by molar-refractivity contribution is -0.157. The summed E-state index contributed by atoms with van der Waals surface area (Å²) >= 11 is 0. The number of benzene rings is 1. The molecular formula is C28H32N6O5. The average molecular weight is 533 g/mol. The maximum absolute atomic E-state index is 11.9. The third-order valence-electron chi connectivity index (χ3n) is 4.39. The summed E-state index contributed by atoms with van der Waals surface area (Å²) in [5, 5.41) is 5.69. The lowest BCUT2D eigenvalue weighted by atomic mass is 10.2. The van der Waals surface area contributed by atoms with Crippen LogP contribution < -0.4 is 15.4 Å². The van der Waals surface area contributed by atoms with E-state index in [1.807, 2.05) is 6.07 Å². The zero-order valence-corrected chi connectivity index (χ0v) is 22.9. The average Bonchev–Trinajstić information content (AvgIpc) is 2.84. The summed E-state index contributed by atoms with van der Waals surface area (Å²) in [6.45, 7) is 10.7. The van der Waals surface area contributed by atoms with Gasteiger partial charge in [0.2, 0.25) is 5.95 Å². The molecule has 39 heavy (non-hydrogen) atoms. The Balaban J connectivity index is 1.62. The highest BCUT2D eigenvalue weighted by Gasteiger charge is 2.17. The fourth-order valence-electron chi connectivity index (χ4n) is 3.00. The molecule has 11 nitrogen and oxygen atoms in total. The fraction of sp³-hybridized carbons (Fsp3) is 0.357. The van der Waals surface area contributed by atoms with Gasteiger partial charge >= 0.3 is 12.1 Å². The topological polar surface area (TPSA) is 137 Å². The molecule has 0 spiro atoms. The summed E-state index contributed by atoms with van der Waals surface area (Å²) < 4.78 is 16.0. The van der Waals surface area contributed by atoms with Gasteiger partial charge in [0.1, 0.15) is 29.0 Å². The zero-order chi connectivity index (χ0) is 28.5. The van der Waals surface area contributed by atoms with E-state index >= 15 is 0 Å². The SMILES string of the molecule is CC(C)(C)OC(=O)COc1cccc(Nc2ncnc(-c3ccnc(C#CCNC(=O)OC(C)(C)C)c3)n2)c1. The van der Waals surface area contributed by atoms with Crippen molar-refractivity contribution in [1.29, 1.82) is 0 Å². The number of alkyl carbamates (subject to hydrolysis) is 1. The van der Waals surface area contributed by atoms with Gasteiger partial charge in [-0.1, -0.05) is 12.0 Å². The standard InChI is InChI=1S/C28H32N6O5/c1-27(2,3)38-23(35)17-37-22-11-7-9-21(16-22)33-25-32-18-31-24(34-25)19-12-14-29-20(15-19)10-8-13-30-26(36)39-28(4,5)6/h7,9,11-12,14-16,18H,13,17H2,1-6H3,(H,30,36)(H,31,32,33,34). The Kier molecular flexibility index (Phi) is 9.38. The van der Waals surface area contributed by atoms with Crippen LogP contribution in [0.3, 0.4) is 0 Å². The van der Waals surface area contributed by atoms with Crippen molar-refractivity contribution in [2.45, 2.75) is 52.7 Å². The van der Waals surface area contributed by atoms with Gasteiger partial charge in [-0.3, -0.25) is 0 Å². The van der Waals surface area contributed by atoms with Crippen LogP contribution in [0, 0.1) is 11.8 Å². The molecule has 2 heterocycles. The molecule has 0 radical (unpaired) electrons. The van der Waals surface area contributed by atoms with Crippen molar-refractivity contribution in [3.05, 3.63) is 54.6 Å². The molecule has 0 unspecified atom stereocenters. The molecule has 2 N–H and O–H groups in total. The van der Waals surface area contributed by atoms with E-state index in [9.17, 15) is 9.59 Å². The van der Waals surface area contributed by atoms with Crippen molar-refractivity contribution < 1.29 is 23.8 Å². The smallest absolute Gasteiger partial charge is 0.408 e. The monoisotopic (exact) mass is 532 g/mol. The first-order valence-electron chi connectivity index (χ1n) is 12.2. The number of hydrogen-bond acceptors (Lipinski definition) is 10. The van der Waals surface area contributed by atoms with Gasteiger partial charge < -0.3 is 24.8 Å². The van der Waals surface area contributed by atoms with E-state index in [2.05, 4.69) is 42.4 Å². The molecular weight excluding hydrogens is 500 g/mol. The number of anilines is 2. The molecule has 3 aromatic rings. The van der Waals surface area contributed by atoms with Gasteiger partial charge in [-0.05, 0) is 71.7 Å². The van der Waals surface area contributed by atoms with Crippen molar-refractivity contribution in [2.24, 2.45) is 0 Å². The number of esters is 1. The first-order chi connectivity index (χ1) is 18.4. The van der Waals surface area contributed by atoms with Gasteiger partial charge in [-0.25, -0.2) is 24.5 Å². The number of rotatable bonds is 7. The largest absolute Gasteiger partial charge is 0.482 e. The lowest BCUT2D eigenvalue weighted by Crippen LogP contribution is -2.32. The molecule has 0 saturated carbocycles. The molecule has 0 saturated heterocycles. The molecule has 1 amide bonds. The third kappa shape index (κ3) is 10.7. The molecule has 0 aliphatic heterocycles. The van der Waals surface area contributed by atoms with Crippen molar-refractivity contribution >= 4 is 23.7 Å². The predicted molar refractivity (Wildman–Crippen MR) is 145 cm³/mol. The van der Waals surface area contributed by atoms with E-state index in [1.54, 1.807) is 78.1 Å². The molecule has 11 heteroatoms. The molecule has 0 aliphatic carbocycles. The van der Waals surface area contributed by atoms with Gasteiger partial charge in [-0.15, -0.1) is 0 Å². The summed E-state index contributed by atoms with van der Waals surface area (Å²) in [6.07, 6.45) is 2.46. The van der Waals surface area contributed by atoms with E-state index in [4.69, 9.17) is 14.2 Å². The van der Waals surface area contributed by atoms with Gasteiger partial charge in [0.15, 0.2) is 12.4 Å². The minimum atomic E-state index is -0.582. The van der Waals surface area contributed by atoms with Crippen LogP contribution in [0.4, 0.5) is 16.4 Å². The van der Waals surface area contributed by atoms with E-state index in [1.165, 1.54) is 6.33 Å². The number of hydrogen-bond donors (Lipinski definition) is 2. The van der Waals surface area contributed by atoms with Crippen LogP contribution in [0.25, 0.3) is 11.4 Å². The van der Waals surface area contributed by atoms with Crippen molar-refractivity contribution in [3.63, 3.8) is 0 Å². The molecule has 0 fully saturated rings. The number of aromatic nitrogens is 4. The number of nitrogens with one attached hydrogen (secondary N) is 2. The van der Waals surface area contributed by atoms with Gasteiger partial charge in [0.25, 0.3) is 0 Å². The Morgan fingerprint density at radius 3 is 2.46 bits per heavy atom. The molecule has 204 valence electrons. The summed E-state index contributed by atoms with van der Waals surface area (Å²) in [4.78, 5) is 40.8. The number of carbonyl (C=O) groups excluding carboxylic acids is 2. The highest BCUT2D eigenvalue weighted by Crippen LogP contribution is 2.21. The first kappa shape index (κ1) is 28.8.